The lowest BCUT2D eigenvalue weighted by Crippen LogP contribution is -2.54. The normalized spacial score (nSPS) is 23.1. The molecule has 0 unspecified atom stereocenters. The van der Waals surface area contributed by atoms with Crippen molar-refractivity contribution in [1.29, 1.82) is 0 Å². The molecule has 0 bridgehead atoms. The molecule has 5 heteroatoms. The Hall–Kier alpha value is -1.10. The van der Waals surface area contributed by atoms with Gasteiger partial charge in [-0.2, -0.15) is 0 Å². The van der Waals surface area contributed by atoms with E-state index in [0.717, 1.165) is 32.1 Å². The lowest BCUT2D eigenvalue weighted by molar-refractivity contribution is -0.133. The molecule has 0 aromatic carbocycles. The smallest absolute Gasteiger partial charge is 0.240 e. The van der Waals surface area contributed by atoms with Gasteiger partial charge in [0.15, 0.2) is 0 Å². The number of nitrogens with one attached hydrogen (secondary N) is 1. The van der Waals surface area contributed by atoms with E-state index in [0.29, 0.717) is 19.5 Å². The first-order valence-corrected chi connectivity index (χ1v) is 6.44. The van der Waals surface area contributed by atoms with Crippen molar-refractivity contribution >= 4 is 11.8 Å². The van der Waals surface area contributed by atoms with Crippen molar-refractivity contribution in [2.45, 2.75) is 44.1 Å². The highest BCUT2D eigenvalue weighted by Crippen LogP contribution is 2.28. The van der Waals surface area contributed by atoms with Crippen molar-refractivity contribution in [2.75, 3.05) is 19.6 Å². The summed E-state index contributed by atoms with van der Waals surface area (Å²) in [4.78, 5) is 25.0. The first kappa shape index (κ1) is 12.4. The van der Waals surface area contributed by atoms with Crippen molar-refractivity contribution in [2.24, 2.45) is 5.73 Å². The lowest BCUT2D eigenvalue weighted by Gasteiger charge is -2.29. The molecular formula is C12H21N3O2. The summed E-state index contributed by atoms with van der Waals surface area (Å²) in [5.41, 5.74) is 5.55. The number of hydrogen-bond donors (Lipinski definition) is 2. The Labute approximate surface area is 102 Å². The number of carbonyl (C=O) groups is 2. The minimum absolute atomic E-state index is 0.0624. The average Bonchev–Trinajstić information content (AvgIpc) is 2.90. The second-order valence-electron chi connectivity index (χ2n) is 5.16. The van der Waals surface area contributed by atoms with Gasteiger partial charge in [-0.3, -0.25) is 9.59 Å². The van der Waals surface area contributed by atoms with Gasteiger partial charge in [0.2, 0.25) is 11.8 Å². The van der Waals surface area contributed by atoms with Gasteiger partial charge in [0.05, 0.1) is 12.1 Å². The number of carbonyl (C=O) groups excluding carboxylic acids is 2. The maximum atomic E-state index is 11.9. The van der Waals surface area contributed by atoms with E-state index in [2.05, 4.69) is 5.32 Å². The van der Waals surface area contributed by atoms with Crippen LogP contribution in [0.25, 0.3) is 0 Å². The van der Waals surface area contributed by atoms with Crippen LogP contribution in [-0.2, 0) is 9.59 Å². The third kappa shape index (κ3) is 2.77. The number of rotatable bonds is 4. The zero-order valence-electron chi connectivity index (χ0n) is 10.2. The van der Waals surface area contributed by atoms with Crippen LogP contribution in [-0.4, -0.2) is 41.9 Å². The van der Waals surface area contributed by atoms with E-state index < -0.39 is 0 Å². The van der Waals surface area contributed by atoms with Gasteiger partial charge in [0.1, 0.15) is 0 Å². The molecular weight excluding hydrogens is 218 g/mol. The van der Waals surface area contributed by atoms with E-state index in [1.807, 2.05) is 0 Å². The molecule has 0 aromatic heterocycles. The van der Waals surface area contributed by atoms with Crippen LogP contribution in [0.4, 0.5) is 0 Å². The Balaban J connectivity index is 1.86. The minimum Gasteiger partial charge on any atom is -0.348 e. The minimum atomic E-state index is -0.208. The van der Waals surface area contributed by atoms with Crippen molar-refractivity contribution in [3.05, 3.63) is 0 Å². The molecule has 1 aliphatic carbocycles. The molecule has 2 amide bonds. The fourth-order valence-corrected chi connectivity index (χ4v) is 2.81. The average molecular weight is 239 g/mol. The third-order valence-electron chi connectivity index (χ3n) is 3.86. The SMILES string of the molecule is NCC1(NC(=O)CN2CCCC2=O)CCCC1. The molecule has 2 aliphatic rings. The molecule has 1 heterocycles. The Kier molecular flexibility index (Phi) is 3.66. The standard InChI is InChI=1S/C12H21N3O2/c13-9-12(5-1-2-6-12)14-10(16)8-15-7-3-4-11(15)17/h1-9,13H2,(H,14,16). The molecule has 96 valence electrons. The van der Waals surface area contributed by atoms with Gasteiger partial charge >= 0.3 is 0 Å². The van der Waals surface area contributed by atoms with Gasteiger partial charge in [0.25, 0.3) is 0 Å². The molecule has 5 nitrogen and oxygen atoms in total. The second kappa shape index (κ2) is 5.04. The molecule has 1 aliphatic heterocycles. The Morgan fingerprint density at radius 2 is 2.06 bits per heavy atom. The van der Waals surface area contributed by atoms with Crippen molar-refractivity contribution in [1.82, 2.24) is 10.2 Å². The lowest BCUT2D eigenvalue weighted by atomic mass is 9.98. The number of amides is 2. The maximum absolute atomic E-state index is 11.9. The molecule has 1 saturated heterocycles. The van der Waals surface area contributed by atoms with E-state index >= 15 is 0 Å². The van der Waals surface area contributed by atoms with E-state index in [1.54, 1.807) is 4.90 Å². The van der Waals surface area contributed by atoms with Crippen LogP contribution in [0.15, 0.2) is 0 Å². The van der Waals surface area contributed by atoms with E-state index in [1.165, 1.54) is 0 Å². The van der Waals surface area contributed by atoms with E-state index in [9.17, 15) is 9.59 Å². The molecule has 1 saturated carbocycles. The largest absolute Gasteiger partial charge is 0.348 e. The van der Waals surface area contributed by atoms with Crippen molar-refractivity contribution in [3.63, 3.8) is 0 Å². The molecule has 0 spiro atoms. The predicted molar refractivity (Wildman–Crippen MR) is 64.2 cm³/mol. The summed E-state index contributed by atoms with van der Waals surface area (Å²) in [6, 6.07) is 0. The monoisotopic (exact) mass is 239 g/mol. The Bertz CT molecular complexity index is 311. The molecule has 2 fully saturated rings. The van der Waals surface area contributed by atoms with Gasteiger partial charge < -0.3 is 16.0 Å². The summed E-state index contributed by atoms with van der Waals surface area (Å²) >= 11 is 0. The molecule has 0 radical (unpaired) electrons. The molecule has 0 atom stereocenters. The number of nitrogens with zero attached hydrogens (tertiary/aromatic N) is 1. The van der Waals surface area contributed by atoms with Gasteiger partial charge in [0, 0.05) is 19.5 Å². The fraction of sp³-hybridized carbons (Fsp3) is 0.833. The van der Waals surface area contributed by atoms with Crippen LogP contribution in [0.3, 0.4) is 0 Å². The Morgan fingerprint density at radius 3 is 2.59 bits per heavy atom. The molecule has 2 rings (SSSR count). The Morgan fingerprint density at radius 1 is 1.35 bits per heavy atom. The topological polar surface area (TPSA) is 75.4 Å². The zero-order valence-corrected chi connectivity index (χ0v) is 10.2. The number of nitrogens with two attached hydrogens (primary N) is 1. The van der Waals surface area contributed by atoms with Crippen LogP contribution in [0.1, 0.15) is 38.5 Å². The summed E-state index contributed by atoms with van der Waals surface area (Å²) in [5, 5.41) is 3.03. The van der Waals surface area contributed by atoms with Gasteiger partial charge in [-0.1, -0.05) is 12.8 Å². The number of likely N-dealkylation sites (tertiary alicyclic amines) is 1. The van der Waals surface area contributed by atoms with Crippen LogP contribution >= 0.6 is 0 Å². The highest BCUT2D eigenvalue weighted by Gasteiger charge is 2.34. The van der Waals surface area contributed by atoms with Crippen LogP contribution in [0, 0.1) is 0 Å². The molecule has 17 heavy (non-hydrogen) atoms. The first-order valence-electron chi connectivity index (χ1n) is 6.44. The summed E-state index contributed by atoms with van der Waals surface area (Å²) in [6.45, 7) is 1.40. The van der Waals surface area contributed by atoms with Crippen LogP contribution in [0.2, 0.25) is 0 Å². The highest BCUT2D eigenvalue weighted by molar-refractivity contribution is 5.86. The van der Waals surface area contributed by atoms with Crippen molar-refractivity contribution < 1.29 is 9.59 Å². The quantitative estimate of drug-likeness (QED) is 0.725. The van der Waals surface area contributed by atoms with Crippen molar-refractivity contribution in [3.8, 4) is 0 Å². The summed E-state index contributed by atoms with van der Waals surface area (Å²) in [7, 11) is 0. The van der Waals surface area contributed by atoms with Gasteiger partial charge in [-0.15, -0.1) is 0 Å². The maximum Gasteiger partial charge on any atom is 0.240 e. The summed E-state index contributed by atoms with van der Waals surface area (Å²) in [5.74, 6) is 0.0287. The molecule has 3 N–H and O–H groups in total. The zero-order chi connectivity index (χ0) is 12.3. The first-order chi connectivity index (χ1) is 8.15. The predicted octanol–water partition coefficient (Wildman–Crippen LogP) is -0.00350. The summed E-state index contributed by atoms with van der Waals surface area (Å²) in [6.07, 6.45) is 5.62. The highest BCUT2D eigenvalue weighted by atomic mass is 16.2. The van der Waals surface area contributed by atoms with Gasteiger partial charge in [-0.25, -0.2) is 0 Å². The second-order valence-corrected chi connectivity index (χ2v) is 5.16. The van der Waals surface area contributed by atoms with Crippen LogP contribution < -0.4 is 11.1 Å². The van der Waals surface area contributed by atoms with E-state index in [-0.39, 0.29) is 23.9 Å². The summed E-state index contributed by atoms with van der Waals surface area (Å²) < 4.78 is 0. The third-order valence-corrected chi connectivity index (χ3v) is 3.86. The fourth-order valence-electron chi connectivity index (χ4n) is 2.81. The van der Waals surface area contributed by atoms with E-state index in [4.69, 9.17) is 5.73 Å². The molecule has 0 aromatic rings. The van der Waals surface area contributed by atoms with Crippen LogP contribution in [0.5, 0.6) is 0 Å². The van der Waals surface area contributed by atoms with Gasteiger partial charge in [-0.05, 0) is 19.3 Å². The number of hydrogen-bond acceptors (Lipinski definition) is 3.